The zero-order valence-electron chi connectivity index (χ0n) is 24.0. The Morgan fingerprint density at radius 1 is 0.692 bits per heavy atom. The molecule has 0 bridgehead atoms. The SMILES string of the molecule is CCCCCCCCCCCCCCCCC(=O)OC(COC(=O)CCC)COP(=O)(O)OCC(N)C(=O)O. The average molecular weight is 582 g/mol. The number of phosphoric ester groups is 1. The number of hydrogen-bond donors (Lipinski definition) is 3. The van der Waals surface area contributed by atoms with E-state index in [9.17, 15) is 23.8 Å². The molecule has 0 aromatic heterocycles. The van der Waals surface area contributed by atoms with Gasteiger partial charge in [0.2, 0.25) is 0 Å². The van der Waals surface area contributed by atoms with Gasteiger partial charge in [-0.05, 0) is 12.8 Å². The minimum Gasteiger partial charge on any atom is -0.480 e. The van der Waals surface area contributed by atoms with E-state index >= 15 is 0 Å². The van der Waals surface area contributed by atoms with Crippen molar-refractivity contribution in [1.82, 2.24) is 0 Å². The first kappa shape index (κ1) is 37.5. The van der Waals surface area contributed by atoms with Gasteiger partial charge in [-0.25, -0.2) is 4.57 Å². The van der Waals surface area contributed by atoms with Gasteiger partial charge in [0.05, 0.1) is 13.2 Å². The summed E-state index contributed by atoms with van der Waals surface area (Å²) in [6.07, 6.45) is 16.6. The van der Waals surface area contributed by atoms with Crippen molar-refractivity contribution in [3.8, 4) is 0 Å². The van der Waals surface area contributed by atoms with Crippen LogP contribution in [0.15, 0.2) is 0 Å². The van der Waals surface area contributed by atoms with Crippen molar-refractivity contribution in [2.45, 2.75) is 135 Å². The van der Waals surface area contributed by atoms with Crippen LogP contribution >= 0.6 is 7.82 Å². The summed E-state index contributed by atoms with van der Waals surface area (Å²) in [5.41, 5.74) is 5.24. The molecule has 0 aromatic carbocycles. The van der Waals surface area contributed by atoms with Gasteiger partial charge in [0.15, 0.2) is 6.10 Å². The maximum absolute atomic E-state index is 12.3. The van der Waals surface area contributed by atoms with Crippen LogP contribution in [0.25, 0.3) is 0 Å². The van der Waals surface area contributed by atoms with Crippen molar-refractivity contribution in [3.63, 3.8) is 0 Å². The molecule has 0 saturated carbocycles. The first-order chi connectivity index (χ1) is 18.6. The number of ether oxygens (including phenoxy) is 2. The average Bonchev–Trinajstić information content (AvgIpc) is 2.89. The van der Waals surface area contributed by atoms with Gasteiger partial charge in [0, 0.05) is 12.8 Å². The molecule has 0 aliphatic rings. The van der Waals surface area contributed by atoms with Crippen LogP contribution in [-0.2, 0) is 37.5 Å². The Bertz CT molecular complexity index is 706. The van der Waals surface area contributed by atoms with Crippen LogP contribution in [0.1, 0.15) is 123 Å². The monoisotopic (exact) mass is 581 g/mol. The van der Waals surface area contributed by atoms with Crippen LogP contribution in [-0.4, -0.2) is 59.9 Å². The summed E-state index contributed by atoms with van der Waals surface area (Å²) in [5.74, 6) is -2.44. The van der Waals surface area contributed by atoms with Crippen molar-refractivity contribution in [2.75, 3.05) is 19.8 Å². The Morgan fingerprint density at radius 2 is 1.18 bits per heavy atom. The van der Waals surface area contributed by atoms with Crippen molar-refractivity contribution in [1.29, 1.82) is 0 Å². The van der Waals surface area contributed by atoms with Gasteiger partial charge in [-0.1, -0.05) is 97.3 Å². The third-order valence-corrected chi connectivity index (χ3v) is 7.03. The van der Waals surface area contributed by atoms with E-state index in [1.165, 1.54) is 64.2 Å². The summed E-state index contributed by atoms with van der Waals surface area (Å²) in [5, 5.41) is 8.74. The lowest BCUT2D eigenvalue weighted by Crippen LogP contribution is -2.34. The summed E-state index contributed by atoms with van der Waals surface area (Å²) in [4.78, 5) is 44.5. The normalized spacial score (nSPS) is 14.4. The predicted molar refractivity (Wildman–Crippen MR) is 148 cm³/mol. The number of hydrogen-bond acceptors (Lipinski definition) is 9. The number of carbonyl (C=O) groups is 3. The fraction of sp³-hybridized carbons (Fsp3) is 0.889. The second kappa shape index (κ2) is 24.3. The standard InChI is InChI=1S/C27H52NO10P/c1-3-5-6-7-8-9-10-11-12-13-14-15-16-17-19-26(30)38-23(20-35-25(29)18-4-2)21-36-39(33,34)37-22-24(28)27(31)32/h23-24H,3-22,28H2,1-2H3,(H,31,32)(H,33,34). The Morgan fingerprint density at radius 3 is 1.67 bits per heavy atom. The van der Waals surface area contributed by atoms with E-state index in [2.05, 4.69) is 11.4 Å². The molecule has 4 N–H and O–H groups in total. The second-order valence-corrected chi connectivity index (χ2v) is 11.3. The van der Waals surface area contributed by atoms with E-state index in [1.54, 1.807) is 6.92 Å². The van der Waals surface area contributed by atoms with E-state index in [-0.39, 0.29) is 19.4 Å². The number of carboxylic acid groups (broad SMARTS) is 1. The van der Waals surface area contributed by atoms with Crippen molar-refractivity contribution >= 4 is 25.7 Å². The summed E-state index contributed by atoms with van der Waals surface area (Å²) < 4.78 is 31.7. The van der Waals surface area contributed by atoms with Gasteiger partial charge in [0.1, 0.15) is 12.6 Å². The summed E-state index contributed by atoms with van der Waals surface area (Å²) in [7, 11) is -4.67. The van der Waals surface area contributed by atoms with Gasteiger partial charge >= 0.3 is 25.7 Å². The summed E-state index contributed by atoms with van der Waals surface area (Å²) in [6.45, 7) is 2.35. The molecule has 0 heterocycles. The highest BCUT2D eigenvalue weighted by atomic mass is 31.2. The van der Waals surface area contributed by atoms with Crippen LogP contribution in [0.2, 0.25) is 0 Å². The van der Waals surface area contributed by atoms with Gasteiger partial charge in [-0.15, -0.1) is 0 Å². The van der Waals surface area contributed by atoms with Crippen molar-refractivity contribution in [3.05, 3.63) is 0 Å². The van der Waals surface area contributed by atoms with Gasteiger partial charge in [-0.3, -0.25) is 23.4 Å². The van der Waals surface area contributed by atoms with E-state index < -0.39 is 51.1 Å². The quantitative estimate of drug-likeness (QED) is 0.0621. The predicted octanol–water partition coefficient (Wildman–Crippen LogP) is 5.66. The molecule has 0 aromatic rings. The first-order valence-electron chi connectivity index (χ1n) is 14.6. The molecule has 3 atom stereocenters. The van der Waals surface area contributed by atoms with Gasteiger partial charge < -0.3 is 25.2 Å². The lowest BCUT2D eigenvalue weighted by molar-refractivity contribution is -0.161. The molecule has 12 heteroatoms. The molecule has 3 unspecified atom stereocenters. The highest BCUT2D eigenvalue weighted by molar-refractivity contribution is 7.47. The summed E-state index contributed by atoms with van der Waals surface area (Å²) in [6, 6.07) is -1.51. The van der Waals surface area contributed by atoms with Crippen LogP contribution in [0.3, 0.4) is 0 Å². The molecule has 0 saturated heterocycles. The lowest BCUT2D eigenvalue weighted by Gasteiger charge is -2.20. The molecule has 0 rings (SSSR count). The largest absolute Gasteiger partial charge is 0.480 e. The van der Waals surface area contributed by atoms with E-state index in [4.69, 9.17) is 24.8 Å². The Labute approximate surface area is 234 Å². The molecule has 0 amide bonds. The number of unbranched alkanes of at least 4 members (excludes halogenated alkanes) is 13. The molecule has 0 aliphatic heterocycles. The van der Waals surface area contributed by atoms with Crippen molar-refractivity contribution < 1.29 is 47.5 Å². The number of esters is 2. The number of aliphatic carboxylic acids is 1. The molecule has 230 valence electrons. The Hall–Kier alpha value is -1.52. The smallest absolute Gasteiger partial charge is 0.472 e. The molecule has 0 spiro atoms. The minimum atomic E-state index is -4.67. The number of phosphoric acid groups is 1. The van der Waals surface area contributed by atoms with Crippen molar-refractivity contribution in [2.24, 2.45) is 5.73 Å². The van der Waals surface area contributed by atoms with Crippen LogP contribution < -0.4 is 5.73 Å². The zero-order chi connectivity index (χ0) is 29.4. The van der Waals surface area contributed by atoms with E-state index in [0.717, 1.165) is 19.3 Å². The third-order valence-electron chi connectivity index (χ3n) is 6.07. The van der Waals surface area contributed by atoms with Crippen LogP contribution in [0.5, 0.6) is 0 Å². The molecular weight excluding hydrogens is 529 g/mol. The van der Waals surface area contributed by atoms with Gasteiger partial charge in [0.25, 0.3) is 0 Å². The molecule has 0 aliphatic carbocycles. The summed E-state index contributed by atoms with van der Waals surface area (Å²) >= 11 is 0. The highest BCUT2D eigenvalue weighted by Gasteiger charge is 2.28. The van der Waals surface area contributed by atoms with E-state index in [1.807, 2.05) is 0 Å². The molecular formula is C27H52NO10P. The molecule has 0 radical (unpaired) electrons. The van der Waals surface area contributed by atoms with E-state index in [0.29, 0.717) is 12.8 Å². The topological polar surface area (TPSA) is 172 Å². The number of rotatable bonds is 27. The Balaban J connectivity index is 4.22. The maximum atomic E-state index is 12.3. The minimum absolute atomic E-state index is 0.165. The zero-order valence-corrected chi connectivity index (χ0v) is 24.9. The second-order valence-electron chi connectivity index (χ2n) is 9.90. The van der Waals surface area contributed by atoms with Gasteiger partial charge in [-0.2, -0.15) is 0 Å². The number of nitrogens with two attached hydrogens (primary N) is 1. The fourth-order valence-corrected chi connectivity index (χ4v) is 4.53. The maximum Gasteiger partial charge on any atom is 0.472 e. The van der Waals surface area contributed by atoms with Crippen LogP contribution in [0.4, 0.5) is 0 Å². The lowest BCUT2D eigenvalue weighted by atomic mass is 10.0. The highest BCUT2D eigenvalue weighted by Crippen LogP contribution is 2.43. The number of carboxylic acids is 1. The molecule has 0 fully saturated rings. The third kappa shape index (κ3) is 24.0. The molecule has 39 heavy (non-hydrogen) atoms. The van der Waals surface area contributed by atoms with Crippen LogP contribution in [0, 0.1) is 0 Å². The Kier molecular flexibility index (Phi) is 23.3. The fourth-order valence-electron chi connectivity index (χ4n) is 3.75. The number of carbonyl (C=O) groups excluding carboxylic acids is 2. The first-order valence-corrected chi connectivity index (χ1v) is 16.1. The molecule has 11 nitrogen and oxygen atoms in total.